The lowest BCUT2D eigenvalue weighted by Gasteiger charge is -2.00. The molecule has 3 rings (SSSR count). The Kier molecular flexibility index (Phi) is 3.96. The summed E-state index contributed by atoms with van der Waals surface area (Å²) in [6.45, 7) is -0.0116. The fourth-order valence-electron chi connectivity index (χ4n) is 2.10. The Morgan fingerprint density at radius 1 is 1.17 bits per heavy atom. The van der Waals surface area contributed by atoms with Crippen LogP contribution in [0.3, 0.4) is 0 Å². The van der Waals surface area contributed by atoms with Gasteiger partial charge in [0.2, 0.25) is 5.89 Å². The van der Waals surface area contributed by atoms with E-state index in [1.54, 1.807) is 0 Å². The number of aromatic nitrogens is 3. The van der Waals surface area contributed by atoms with Gasteiger partial charge in [0, 0.05) is 18.6 Å². The van der Waals surface area contributed by atoms with Crippen LogP contribution in [0.15, 0.2) is 58.0 Å². The Balaban J connectivity index is 1.78. The van der Waals surface area contributed by atoms with Crippen LogP contribution in [0, 0.1) is 10.1 Å². The molecule has 0 N–H and O–H groups in total. The SMILES string of the molecule is O=c1ccc([N+](=O)[O-])cn1Cc1nc(Cc2ccccc2)no1. The zero-order valence-electron chi connectivity index (χ0n) is 12.0. The zero-order valence-corrected chi connectivity index (χ0v) is 12.0. The first-order chi connectivity index (χ1) is 11.1. The second-order valence-electron chi connectivity index (χ2n) is 4.88. The molecule has 116 valence electrons. The fourth-order valence-corrected chi connectivity index (χ4v) is 2.10. The van der Waals surface area contributed by atoms with Gasteiger partial charge in [0.05, 0.1) is 11.1 Å². The third-order valence-electron chi connectivity index (χ3n) is 3.20. The Hall–Kier alpha value is -3.29. The molecule has 0 unspecified atom stereocenters. The molecule has 3 aromatic rings. The van der Waals surface area contributed by atoms with E-state index >= 15 is 0 Å². The van der Waals surface area contributed by atoms with Gasteiger partial charge in [-0.2, -0.15) is 4.98 Å². The molecule has 0 atom stereocenters. The van der Waals surface area contributed by atoms with Gasteiger partial charge in [0.1, 0.15) is 6.54 Å². The van der Waals surface area contributed by atoms with Gasteiger partial charge >= 0.3 is 0 Å². The van der Waals surface area contributed by atoms with Gasteiger partial charge in [-0.25, -0.2) is 0 Å². The lowest BCUT2D eigenvalue weighted by atomic mass is 10.1. The summed E-state index contributed by atoms with van der Waals surface area (Å²) in [5, 5.41) is 14.6. The second kappa shape index (κ2) is 6.22. The van der Waals surface area contributed by atoms with Crippen molar-refractivity contribution in [2.24, 2.45) is 0 Å². The zero-order chi connectivity index (χ0) is 16.2. The molecule has 23 heavy (non-hydrogen) atoms. The van der Waals surface area contributed by atoms with E-state index in [2.05, 4.69) is 10.1 Å². The first-order valence-electron chi connectivity index (χ1n) is 6.82. The largest absolute Gasteiger partial charge is 0.337 e. The summed E-state index contributed by atoms with van der Waals surface area (Å²) in [6, 6.07) is 11.9. The third kappa shape index (κ3) is 3.49. The van der Waals surface area contributed by atoms with Crippen LogP contribution in [-0.2, 0) is 13.0 Å². The van der Waals surface area contributed by atoms with Gasteiger partial charge in [0.25, 0.3) is 11.2 Å². The molecule has 8 heteroatoms. The van der Waals surface area contributed by atoms with Crippen molar-refractivity contribution in [3.05, 3.63) is 86.4 Å². The van der Waals surface area contributed by atoms with Crippen molar-refractivity contribution < 1.29 is 9.45 Å². The molecular formula is C15H12N4O4. The maximum Gasteiger partial charge on any atom is 0.285 e. The maximum absolute atomic E-state index is 11.7. The molecule has 2 heterocycles. The first-order valence-corrected chi connectivity index (χ1v) is 6.82. The molecule has 0 saturated carbocycles. The number of hydrogen-bond donors (Lipinski definition) is 0. The van der Waals surface area contributed by atoms with Crippen LogP contribution in [-0.4, -0.2) is 19.6 Å². The molecule has 0 spiro atoms. The fraction of sp³-hybridized carbons (Fsp3) is 0.133. The molecule has 0 saturated heterocycles. The van der Waals surface area contributed by atoms with Crippen LogP contribution >= 0.6 is 0 Å². The van der Waals surface area contributed by atoms with E-state index in [1.165, 1.54) is 0 Å². The minimum Gasteiger partial charge on any atom is -0.337 e. The highest BCUT2D eigenvalue weighted by Crippen LogP contribution is 2.09. The first kappa shape index (κ1) is 14.6. The summed E-state index contributed by atoms with van der Waals surface area (Å²) < 4.78 is 6.27. The molecular weight excluding hydrogens is 300 g/mol. The van der Waals surface area contributed by atoms with Crippen molar-refractivity contribution in [2.75, 3.05) is 0 Å². The Morgan fingerprint density at radius 3 is 2.70 bits per heavy atom. The van der Waals surface area contributed by atoms with Crippen molar-refractivity contribution in [3.63, 3.8) is 0 Å². The van der Waals surface area contributed by atoms with E-state index in [0.717, 1.165) is 28.5 Å². The number of nitrogens with zero attached hydrogens (tertiary/aromatic N) is 4. The summed E-state index contributed by atoms with van der Waals surface area (Å²) in [5.74, 6) is 0.711. The summed E-state index contributed by atoms with van der Waals surface area (Å²) in [5.41, 5.74) is 0.486. The molecule has 0 radical (unpaired) electrons. The van der Waals surface area contributed by atoms with Gasteiger partial charge in [-0.3, -0.25) is 19.5 Å². The molecule has 1 aromatic carbocycles. The lowest BCUT2D eigenvalue weighted by molar-refractivity contribution is -0.385. The molecule has 0 aliphatic heterocycles. The summed E-state index contributed by atoms with van der Waals surface area (Å²) >= 11 is 0. The van der Waals surface area contributed by atoms with Gasteiger partial charge in [-0.15, -0.1) is 0 Å². The van der Waals surface area contributed by atoms with Crippen LogP contribution in [0.2, 0.25) is 0 Å². The smallest absolute Gasteiger partial charge is 0.285 e. The lowest BCUT2D eigenvalue weighted by Crippen LogP contribution is -2.19. The van der Waals surface area contributed by atoms with Crippen molar-refractivity contribution in [1.82, 2.24) is 14.7 Å². The summed E-state index contributed by atoms with van der Waals surface area (Å²) in [4.78, 5) is 26.2. The van der Waals surface area contributed by atoms with Crippen molar-refractivity contribution in [1.29, 1.82) is 0 Å². The average Bonchev–Trinajstić information content (AvgIpc) is 2.97. The predicted molar refractivity (Wildman–Crippen MR) is 80.0 cm³/mol. The van der Waals surface area contributed by atoms with Gasteiger partial charge in [-0.05, 0) is 5.56 Å². The van der Waals surface area contributed by atoms with E-state index in [0.29, 0.717) is 12.2 Å². The Morgan fingerprint density at radius 2 is 1.96 bits per heavy atom. The second-order valence-corrected chi connectivity index (χ2v) is 4.88. The number of nitro groups is 1. The quantitative estimate of drug-likeness (QED) is 0.525. The molecule has 0 fully saturated rings. The number of rotatable bonds is 5. The standard InChI is InChI=1S/C15H12N4O4/c20-15-7-6-12(19(21)22)9-18(15)10-14-16-13(17-23-14)8-11-4-2-1-3-5-11/h1-7,9H,8,10H2. The Labute approximate surface area is 130 Å². The topological polar surface area (TPSA) is 104 Å². The molecule has 0 aliphatic rings. The van der Waals surface area contributed by atoms with Crippen LogP contribution in [0.25, 0.3) is 0 Å². The molecule has 0 aliphatic carbocycles. The highest BCUT2D eigenvalue weighted by Gasteiger charge is 2.12. The van der Waals surface area contributed by atoms with Crippen LogP contribution < -0.4 is 5.56 Å². The molecule has 8 nitrogen and oxygen atoms in total. The number of hydrogen-bond acceptors (Lipinski definition) is 6. The third-order valence-corrected chi connectivity index (χ3v) is 3.20. The monoisotopic (exact) mass is 312 g/mol. The van der Waals surface area contributed by atoms with E-state index in [1.807, 2.05) is 30.3 Å². The molecule has 0 bridgehead atoms. The van der Waals surface area contributed by atoms with Crippen molar-refractivity contribution in [2.45, 2.75) is 13.0 Å². The minimum atomic E-state index is -0.565. The number of benzene rings is 1. The average molecular weight is 312 g/mol. The van der Waals surface area contributed by atoms with Gasteiger partial charge < -0.3 is 4.52 Å². The normalized spacial score (nSPS) is 10.6. The summed E-state index contributed by atoms with van der Waals surface area (Å²) in [6.07, 6.45) is 1.66. The maximum atomic E-state index is 11.7. The predicted octanol–water partition coefficient (Wildman–Crippen LogP) is 1.78. The van der Waals surface area contributed by atoms with E-state index < -0.39 is 4.92 Å². The number of pyridine rings is 1. The van der Waals surface area contributed by atoms with Crippen LogP contribution in [0.4, 0.5) is 5.69 Å². The molecule has 0 amide bonds. The van der Waals surface area contributed by atoms with Crippen molar-refractivity contribution >= 4 is 5.69 Å². The van der Waals surface area contributed by atoms with Crippen LogP contribution in [0.1, 0.15) is 17.3 Å². The van der Waals surface area contributed by atoms with E-state index in [4.69, 9.17) is 4.52 Å². The van der Waals surface area contributed by atoms with Crippen molar-refractivity contribution in [3.8, 4) is 0 Å². The van der Waals surface area contributed by atoms with Gasteiger partial charge in [0.15, 0.2) is 5.82 Å². The van der Waals surface area contributed by atoms with E-state index in [9.17, 15) is 14.9 Å². The highest BCUT2D eigenvalue weighted by atomic mass is 16.6. The molecule has 2 aromatic heterocycles. The highest BCUT2D eigenvalue weighted by molar-refractivity contribution is 5.25. The van der Waals surface area contributed by atoms with E-state index in [-0.39, 0.29) is 23.7 Å². The Bertz CT molecular complexity index is 886. The minimum absolute atomic E-state index is 0.0116. The van der Waals surface area contributed by atoms with Gasteiger partial charge in [-0.1, -0.05) is 35.5 Å². The van der Waals surface area contributed by atoms with Crippen LogP contribution in [0.5, 0.6) is 0 Å². The summed E-state index contributed by atoms with van der Waals surface area (Å²) in [7, 11) is 0.